The van der Waals surface area contributed by atoms with E-state index in [1.165, 1.54) is 13.2 Å². The largest absolute Gasteiger partial charge is 0.495 e. The van der Waals surface area contributed by atoms with E-state index in [2.05, 4.69) is 22.0 Å². The predicted octanol–water partition coefficient (Wildman–Crippen LogP) is 1.74. The quantitative estimate of drug-likeness (QED) is 0.766. The number of benzene rings is 1. The number of nitrogens with zero attached hydrogens (tertiary/aromatic N) is 1. The third-order valence-electron chi connectivity index (χ3n) is 5.45. The van der Waals surface area contributed by atoms with E-state index in [1.54, 1.807) is 12.1 Å². The predicted molar refractivity (Wildman–Crippen MR) is 104 cm³/mol. The van der Waals surface area contributed by atoms with Crippen molar-refractivity contribution in [1.29, 1.82) is 0 Å². The summed E-state index contributed by atoms with van der Waals surface area (Å²) in [6.07, 6.45) is 5.54. The number of methoxy groups -OCH3 is 1. The molecule has 0 radical (unpaired) electrons. The maximum absolute atomic E-state index is 12.8. The Labute approximate surface area is 161 Å². The van der Waals surface area contributed by atoms with Gasteiger partial charge in [0.25, 0.3) is 5.91 Å². The lowest BCUT2D eigenvalue weighted by atomic mass is 10.0. The fraction of sp³-hybridized carbons (Fsp3) is 0.632. The van der Waals surface area contributed by atoms with Crippen molar-refractivity contribution in [3.63, 3.8) is 0 Å². The fourth-order valence-electron chi connectivity index (χ4n) is 3.78. The lowest BCUT2D eigenvalue weighted by molar-refractivity contribution is 0.0916. The number of hydrogen-bond acceptors (Lipinski definition) is 5. The standard InChI is InChI=1S/C19H29N3O4S/c1-22-11-9-15(10-12-22)20-19(23)14-7-8-17(26-2)18(13-14)27(24,25)21-16-5-3-4-6-16/h7-8,13,15-16,21H,3-6,9-12H2,1-2H3,(H,20,23). The molecule has 27 heavy (non-hydrogen) atoms. The lowest BCUT2D eigenvalue weighted by Crippen LogP contribution is -2.43. The molecule has 0 atom stereocenters. The summed E-state index contributed by atoms with van der Waals surface area (Å²) in [7, 11) is -0.246. The van der Waals surface area contributed by atoms with Crippen LogP contribution >= 0.6 is 0 Å². The molecule has 0 bridgehead atoms. The van der Waals surface area contributed by atoms with Crippen molar-refractivity contribution in [3.05, 3.63) is 23.8 Å². The Hall–Kier alpha value is -1.64. The minimum atomic E-state index is -3.74. The van der Waals surface area contributed by atoms with Crippen molar-refractivity contribution >= 4 is 15.9 Å². The molecule has 1 saturated carbocycles. The molecule has 1 heterocycles. The maximum Gasteiger partial charge on any atom is 0.251 e. The van der Waals surface area contributed by atoms with E-state index in [0.717, 1.165) is 51.6 Å². The Kier molecular flexibility index (Phi) is 6.39. The van der Waals surface area contributed by atoms with Gasteiger partial charge in [-0.25, -0.2) is 13.1 Å². The second-order valence-corrected chi connectivity index (χ2v) is 9.20. The molecule has 0 spiro atoms. The number of carbonyl (C=O) groups excluding carboxylic acids is 1. The van der Waals surface area contributed by atoms with E-state index in [9.17, 15) is 13.2 Å². The molecule has 2 aliphatic rings. The van der Waals surface area contributed by atoms with Gasteiger partial charge in [-0.2, -0.15) is 0 Å². The minimum absolute atomic E-state index is 0.0212. The Morgan fingerprint density at radius 1 is 1.11 bits per heavy atom. The van der Waals surface area contributed by atoms with E-state index in [0.29, 0.717) is 5.56 Å². The van der Waals surface area contributed by atoms with E-state index >= 15 is 0 Å². The number of likely N-dealkylation sites (tertiary alicyclic amines) is 1. The highest BCUT2D eigenvalue weighted by atomic mass is 32.2. The molecule has 1 amide bonds. The van der Waals surface area contributed by atoms with Crippen LogP contribution in [0.4, 0.5) is 0 Å². The molecule has 1 saturated heterocycles. The Morgan fingerprint density at radius 2 is 1.78 bits per heavy atom. The van der Waals surface area contributed by atoms with Crippen molar-refractivity contribution in [2.45, 2.75) is 55.5 Å². The summed E-state index contributed by atoms with van der Waals surface area (Å²) >= 11 is 0. The average Bonchev–Trinajstić information content (AvgIpc) is 3.15. The molecule has 8 heteroatoms. The monoisotopic (exact) mass is 395 g/mol. The number of ether oxygens (including phenoxy) is 1. The highest BCUT2D eigenvalue weighted by Gasteiger charge is 2.27. The summed E-state index contributed by atoms with van der Waals surface area (Å²) in [6.45, 7) is 1.89. The van der Waals surface area contributed by atoms with Gasteiger partial charge in [-0.1, -0.05) is 12.8 Å². The van der Waals surface area contributed by atoms with Crippen molar-refractivity contribution < 1.29 is 17.9 Å². The first kappa shape index (κ1) is 20.1. The number of nitrogens with one attached hydrogen (secondary N) is 2. The van der Waals surface area contributed by atoms with Crippen LogP contribution in [0, 0.1) is 0 Å². The first-order chi connectivity index (χ1) is 12.9. The minimum Gasteiger partial charge on any atom is -0.495 e. The van der Waals surface area contributed by atoms with Gasteiger partial charge in [0, 0.05) is 17.6 Å². The van der Waals surface area contributed by atoms with E-state index in [1.807, 2.05) is 0 Å². The van der Waals surface area contributed by atoms with Crippen LogP contribution in [0.1, 0.15) is 48.9 Å². The molecule has 1 aliphatic heterocycles. The molecule has 0 aromatic heterocycles. The third-order valence-corrected chi connectivity index (χ3v) is 6.99. The lowest BCUT2D eigenvalue weighted by Gasteiger charge is -2.29. The molecule has 0 unspecified atom stereocenters. The number of piperidine rings is 1. The Bertz CT molecular complexity index is 767. The summed E-state index contributed by atoms with van der Waals surface area (Å²) in [4.78, 5) is 14.9. The van der Waals surface area contributed by atoms with Crippen LogP contribution in [0.3, 0.4) is 0 Å². The van der Waals surface area contributed by atoms with Gasteiger partial charge in [0.05, 0.1) is 7.11 Å². The summed E-state index contributed by atoms with van der Waals surface area (Å²) in [5.41, 5.74) is 0.335. The van der Waals surface area contributed by atoms with E-state index in [4.69, 9.17) is 4.74 Å². The smallest absolute Gasteiger partial charge is 0.251 e. The summed E-state index contributed by atoms with van der Waals surface area (Å²) in [6, 6.07) is 4.65. The zero-order valence-corrected chi connectivity index (χ0v) is 16.8. The van der Waals surface area contributed by atoms with Crippen molar-refractivity contribution in [3.8, 4) is 5.75 Å². The molecular formula is C19H29N3O4S. The van der Waals surface area contributed by atoms with Gasteiger partial charge in [-0.3, -0.25) is 4.79 Å². The van der Waals surface area contributed by atoms with E-state index in [-0.39, 0.29) is 28.6 Å². The van der Waals surface area contributed by atoms with E-state index < -0.39 is 10.0 Å². The van der Waals surface area contributed by atoms with Gasteiger partial charge in [0.1, 0.15) is 10.6 Å². The number of hydrogen-bond donors (Lipinski definition) is 2. The van der Waals surface area contributed by atoms with Crippen LogP contribution in [0.2, 0.25) is 0 Å². The molecular weight excluding hydrogens is 366 g/mol. The van der Waals surface area contributed by atoms with Gasteiger partial charge in [-0.05, 0) is 64.0 Å². The molecule has 150 valence electrons. The van der Waals surface area contributed by atoms with Gasteiger partial charge < -0.3 is 15.0 Å². The molecule has 1 aliphatic carbocycles. The normalized spacial score (nSPS) is 19.9. The third kappa shape index (κ3) is 5.00. The molecule has 7 nitrogen and oxygen atoms in total. The molecule has 1 aromatic carbocycles. The molecule has 2 fully saturated rings. The van der Waals surface area contributed by atoms with Gasteiger partial charge >= 0.3 is 0 Å². The summed E-state index contributed by atoms with van der Waals surface area (Å²) < 4.78 is 33.7. The van der Waals surface area contributed by atoms with Crippen LogP contribution in [-0.2, 0) is 10.0 Å². The highest BCUT2D eigenvalue weighted by molar-refractivity contribution is 7.89. The average molecular weight is 396 g/mol. The second kappa shape index (κ2) is 8.58. The van der Waals surface area contributed by atoms with Crippen LogP contribution in [0.25, 0.3) is 0 Å². The number of amides is 1. The topological polar surface area (TPSA) is 87.7 Å². The van der Waals surface area contributed by atoms with Gasteiger partial charge in [-0.15, -0.1) is 0 Å². The number of carbonyl (C=O) groups is 1. The van der Waals surface area contributed by atoms with Crippen LogP contribution in [0.15, 0.2) is 23.1 Å². The first-order valence-electron chi connectivity index (χ1n) is 9.59. The zero-order valence-electron chi connectivity index (χ0n) is 16.0. The van der Waals surface area contributed by atoms with Crippen LogP contribution in [-0.4, -0.2) is 58.6 Å². The van der Waals surface area contributed by atoms with Gasteiger partial charge in [0.2, 0.25) is 10.0 Å². The molecule has 3 rings (SSSR count). The molecule has 2 N–H and O–H groups in total. The Morgan fingerprint density at radius 3 is 2.41 bits per heavy atom. The number of rotatable bonds is 6. The second-order valence-electron chi connectivity index (χ2n) is 7.52. The maximum atomic E-state index is 12.8. The first-order valence-corrected chi connectivity index (χ1v) is 11.1. The highest BCUT2D eigenvalue weighted by Crippen LogP contribution is 2.27. The molecule has 1 aromatic rings. The van der Waals surface area contributed by atoms with Gasteiger partial charge in [0.15, 0.2) is 0 Å². The zero-order chi connectivity index (χ0) is 19.4. The number of sulfonamides is 1. The van der Waals surface area contributed by atoms with Crippen molar-refractivity contribution in [1.82, 2.24) is 14.9 Å². The summed E-state index contributed by atoms with van der Waals surface area (Å²) in [5, 5.41) is 3.02. The van der Waals surface area contributed by atoms with Crippen LogP contribution in [0.5, 0.6) is 5.75 Å². The summed E-state index contributed by atoms with van der Waals surface area (Å²) in [5.74, 6) is 0.000797. The van der Waals surface area contributed by atoms with Crippen molar-refractivity contribution in [2.24, 2.45) is 0 Å². The van der Waals surface area contributed by atoms with Crippen molar-refractivity contribution in [2.75, 3.05) is 27.2 Å². The fourth-order valence-corrected chi connectivity index (χ4v) is 5.28. The van der Waals surface area contributed by atoms with Crippen LogP contribution < -0.4 is 14.8 Å². The Balaban J connectivity index is 1.77. The SMILES string of the molecule is COc1ccc(C(=O)NC2CCN(C)CC2)cc1S(=O)(=O)NC1CCCC1.